The number of hydrazone groups is 1. The number of rotatable bonds is 5. The van der Waals surface area contributed by atoms with E-state index >= 15 is 0 Å². The molecular weight excluding hydrogens is 480 g/mol. The van der Waals surface area contributed by atoms with Crippen LogP contribution in [0.2, 0.25) is 0 Å². The van der Waals surface area contributed by atoms with Gasteiger partial charge in [-0.05, 0) is 58.4 Å². The number of hydrogen-bond acceptors (Lipinski definition) is 5. The van der Waals surface area contributed by atoms with Crippen LogP contribution in [0.4, 0.5) is 0 Å². The molecule has 0 aliphatic carbocycles. The van der Waals surface area contributed by atoms with Crippen LogP contribution in [0.15, 0.2) is 77.9 Å². The highest BCUT2D eigenvalue weighted by Crippen LogP contribution is 2.34. The monoisotopic (exact) mass is 492 g/mol. The second-order valence-corrected chi connectivity index (χ2v) is 7.63. The Hall–Kier alpha value is -2.32. The van der Waals surface area contributed by atoms with Crippen LogP contribution in [-0.2, 0) is 4.79 Å². The van der Waals surface area contributed by atoms with Crippen molar-refractivity contribution in [2.45, 2.75) is 12.5 Å². The molecule has 0 saturated heterocycles. The van der Waals surface area contributed by atoms with E-state index in [0.717, 1.165) is 8.95 Å². The molecule has 0 saturated carbocycles. The lowest BCUT2D eigenvalue weighted by Gasteiger charge is -2.20. The van der Waals surface area contributed by atoms with Crippen LogP contribution in [-0.4, -0.2) is 23.2 Å². The fraction of sp³-hybridized carbons (Fsp3) is 0.158. The normalized spacial score (nSPS) is 16.4. The third-order valence-electron chi connectivity index (χ3n) is 4.09. The third-order valence-corrected chi connectivity index (χ3v) is 5.20. The molecule has 1 aliphatic rings. The summed E-state index contributed by atoms with van der Waals surface area (Å²) in [5.41, 5.74) is 0.694. The molecule has 3 aromatic rings. The van der Waals surface area contributed by atoms with Crippen molar-refractivity contribution in [1.82, 2.24) is 5.01 Å². The molecule has 0 bridgehead atoms. The van der Waals surface area contributed by atoms with E-state index < -0.39 is 0 Å². The second kappa shape index (κ2) is 7.74. The molecule has 0 radical (unpaired) electrons. The van der Waals surface area contributed by atoms with E-state index in [4.69, 9.17) is 13.6 Å². The molecule has 0 N–H and O–H groups in total. The van der Waals surface area contributed by atoms with Crippen molar-refractivity contribution in [3.63, 3.8) is 0 Å². The molecule has 8 heteroatoms. The van der Waals surface area contributed by atoms with Gasteiger partial charge in [0.2, 0.25) is 0 Å². The van der Waals surface area contributed by atoms with Crippen molar-refractivity contribution in [1.29, 1.82) is 0 Å². The topological polar surface area (TPSA) is 68.2 Å². The Morgan fingerprint density at radius 3 is 2.70 bits per heavy atom. The molecule has 138 valence electrons. The lowest BCUT2D eigenvalue weighted by molar-refractivity contribution is -0.135. The molecule has 1 unspecified atom stereocenters. The molecule has 6 nitrogen and oxygen atoms in total. The molecule has 0 fully saturated rings. The van der Waals surface area contributed by atoms with E-state index in [-0.39, 0.29) is 18.6 Å². The summed E-state index contributed by atoms with van der Waals surface area (Å²) in [6.45, 7) is -0.146. The zero-order valence-corrected chi connectivity index (χ0v) is 17.1. The van der Waals surface area contributed by atoms with Crippen LogP contribution in [0.1, 0.15) is 24.0 Å². The highest BCUT2D eigenvalue weighted by atomic mass is 79.9. The Kier molecular flexibility index (Phi) is 5.18. The molecule has 3 heterocycles. The van der Waals surface area contributed by atoms with E-state index in [1.807, 2.05) is 24.3 Å². The van der Waals surface area contributed by atoms with Crippen LogP contribution in [0.5, 0.6) is 5.75 Å². The van der Waals surface area contributed by atoms with Gasteiger partial charge in [-0.15, -0.1) is 0 Å². The van der Waals surface area contributed by atoms with Gasteiger partial charge in [0, 0.05) is 10.9 Å². The van der Waals surface area contributed by atoms with Gasteiger partial charge in [0.15, 0.2) is 6.61 Å². The van der Waals surface area contributed by atoms with E-state index in [0.29, 0.717) is 29.4 Å². The largest absolute Gasteiger partial charge is 0.483 e. The van der Waals surface area contributed by atoms with Gasteiger partial charge < -0.3 is 13.6 Å². The number of carbonyl (C=O) groups excluding carboxylic acids is 1. The Labute approximate surface area is 172 Å². The number of amides is 1. The molecule has 0 spiro atoms. The van der Waals surface area contributed by atoms with E-state index in [1.165, 1.54) is 5.01 Å². The van der Waals surface area contributed by atoms with Gasteiger partial charge in [-0.25, -0.2) is 5.01 Å². The minimum atomic E-state index is -0.329. The lowest BCUT2D eigenvalue weighted by Crippen LogP contribution is -2.31. The van der Waals surface area contributed by atoms with Crippen molar-refractivity contribution in [2.24, 2.45) is 5.10 Å². The zero-order valence-electron chi connectivity index (χ0n) is 14.0. The molecule has 1 atom stereocenters. The average Bonchev–Trinajstić information content (AvgIpc) is 3.40. The van der Waals surface area contributed by atoms with Crippen LogP contribution >= 0.6 is 31.9 Å². The van der Waals surface area contributed by atoms with E-state index in [9.17, 15) is 4.79 Å². The summed E-state index contributed by atoms with van der Waals surface area (Å²) in [7, 11) is 0. The SMILES string of the molecule is O=C(COc1ccc(Br)cc1Br)N1N=C(c2ccco2)CC1c1ccco1. The molecule has 1 amide bonds. The van der Waals surface area contributed by atoms with Crippen LogP contribution in [0.25, 0.3) is 0 Å². The van der Waals surface area contributed by atoms with E-state index in [2.05, 4.69) is 37.0 Å². The predicted molar refractivity (Wildman–Crippen MR) is 105 cm³/mol. The fourth-order valence-corrected chi connectivity index (χ4v) is 3.99. The number of halogens is 2. The van der Waals surface area contributed by atoms with Gasteiger partial charge in [-0.1, -0.05) is 15.9 Å². The first-order valence-corrected chi connectivity index (χ1v) is 9.75. The first kappa shape index (κ1) is 18.1. The Morgan fingerprint density at radius 1 is 1.19 bits per heavy atom. The lowest BCUT2D eigenvalue weighted by atomic mass is 10.1. The van der Waals surface area contributed by atoms with Crippen LogP contribution in [0.3, 0.4) is 0 Å². The third kappa shape index (κ3) is 3.86. The van der Waals surface area contributed by atoms with Gasteiger partial charge in [0.05, 0.1) is 17.0 Å². The average molecular weight is 494 g/mol. The minimum Gasteiger partial charge on any atom is -0.483 e. The molecule has 1 aromatic carbocycles. The number of furan rings is 2. The zero-order chi connectivity index (χ0) is 18.8. The smallest absolute Gasteiger partial charge is 0.281 e. The summed E-state index contributed by atoms with van der Waals surface area (Å²) in [6.07, 6.45) is 3.67. The van der Waals surface area contributed by atoms with Crippen LogP contribution < -0.4 is 4.74 Å². The number of carbonyl (C=O) groups is 1. The van der Waals surface area contributed by atoms with Gasteiger partial charge in [0.25, 0.3) is 5.91 Å². The fourth-order valence-electron chi connectivity index (χ4n) is 2.83. The summed E-state index contributed by atoms with van der Waals surface area (Å²) in [4.78, 5) is 12.8. The van der Waals surface area contributed by atoms with Gasteiger partial charge in [0.1, 0.15) is 29.0 Å². The maximum absolute atomic E-state index is 12.8. The van der Waals surface area contributed by atoms with Crippen molar-refractivity contribution >= 4 is 43.5 Å². The first-order valence-electron chi connectivity index (χ1n) is 8.16. The molecule has 27 heavy (non-hydrogen) atoms. The van der Waals surface area contributed by atoms with Gasteiger partial charge in [-0.2, -0.15) is 5.10 Å². The quantitative estimate of drug-likeness (QED) is 0.492. The highest BCUT2D eigenvalue weighted by molar-refractivity contribution is 9.11. The summed E-state index contributed by atoms with van der Waals surface area (Å²) in [6, 6.07) is 12.4. The maximum Gasteiger partial charge on any atom is 0.281 e. The van der Waals surface area contributed by atoms with Crippen molar-refractivity contribution in [3.05, 3.63) is 75.5 Å². The van der Waals surface area contributed by atoms with Crippen molar-refractivity contribution in [2.75, 3.05) is 6.61 Å². The first-order chi connectivity index (χ1) is 13.1. The minimum absolute atomic E-state index is 0.146. The predicted octanol–water partition coefficient (Wildman–Crippen LogP) is 5.15. The number of ether oxygens (including phenoxy) is 1. The highest BCUT2D eigenvalue weighted by Gasteiger charge is 2.35. The summed E-state index contributed by atoms with van der Waals surface area (Å²) in [5.74, 6) is 1.61. The molecule has 1 aliphatic heterocycles. The number of nitrogens with zero attached hydrogens (tertiary/aromatic N) is 2. The Bertz CT molecular complexity index is 968. The summed E-state index contributed by atoms with van der Waals surface area (Å²) >= 11 is 6.81. The number of benzene rings is 1. The maximum atomic E-state index is 12.8. The molecule has 2 aromatic heterocycles. The standard InChI is InChI=1S/C19H14Br2N2O4/c20-12-5-6-16(13(21)9-12)27-11-19(24)23-15(18-4-2-8-26-18)10-14(22-23)17-3-1-7-25-17/h1-9,15H,10-11H2. The summed E-state index contributed by atoms with van der Waals surface area (Å²) < 4.78 is 18.3. The van der Waals surface area contributed by atoms with Crippen molar-refractivity contribution in [3.8, 4) is 5.75 Å². The molecular formula is C19H14Br2N2O4. The number of hydrogen-bond donors (Lipinski definition) is 0. The van der Waals surface area contributed by atoms with Gasteiger partial charge >= 0.3 is 0 Å². The van der Waals surface area contributed by atoms with Gasteiger partial charge in [-0.3, -0.25) is 4.79 Å². The molecule has 4 rings (SSSR count). The Morgan fingerprint density at radius 2 is 2.00 bits per heavy atom. The van der Waals surface area contributed by atoms with Crippen molar-refractivity contribution < 1.29 is 18.4 Å². The summed E-state index contributed by atoms with van der Waals surface area (Å²) in [5, 5.41) is 5.87. The van der Waals surface area contributed by atoms with E-state index in [1.54, 1.807) is 30.7 Å². The second-order valence-electron chi connectivity index (χ2n) is 5.86. The Balaban J connectivity index is 1.53. The van der Waals surface area contributed by atoms with Crippen LogP contribution in [0, 0.1) is 0 Å².